The molecule has 1 aromatic rings. The van der Waals surface area contributed by atoms with E-state index in [9.17, 15) is 0 Å². The van der Waals surface area contributed by atoms with Gasteiger partial charge in [-0.25, -0.2) is 4.98 Å². The molecule has 0 aliphatic rings. The molecule has 2 unspecified atom stereocenters. The molecule has 1 N–H and O–H groups in total. The Bertz CT molecular complexity index is 221. The molecule has 0 saturated heterocycles. The van der Waals surface area contributed by atoms with Gasteiger partial charge in [0.15, 0.2) is 0 Å². The van der Waals surface area contributed by atoms with E-state index in [1.165, 1.54) is 11.4 Å². The van der Waals surface area contributed by atoms with Crippen molar-refractivity contribution in [2.75, 3.05) is 0 Å². The molecule has 1 heterocycles. The summed E-state index contributed by atoms with van der Waals surface area (Å²) in [5, 5.41) is 6.82. The van der Waals surface area contributed by atoms with E-state index in [-0.39, 0.29) is 0 Å². The molecule has 0 bridgehead atoms. The number of hydrogen-bond donors (Lipinski definition) is 1. The molecule has 0 fully saturated rings. The molecule has 0 aliphatic carbocycles. The minimum absolute atomic E-state index is 0.440. The Morgan fingerprint density at radius 3 is 2.69 bits per heavy atom. The summed E-state index contributed by atoms with van der Waals surface area (Å²) in [6.45, 7) is 6.62. The lowest BCUT2D eigenvalue weighted by Gasteiger charge is -2.19. The third-order valence-corrected chi connectivity index (χ3v) is 3.15. The van der Waals surface area contributed by atoms with Crippen LogP contribution in [0.5, 0.6) is 0 Å². The Morgan fingerprint density at radius 2 is 2.23 bits per heavy atom. The smallest absolute Gasteiger partial charge is 0.109 e. The van der Waals surface area contributed by atoms with Gasteiger partial charge in [0.1, 0.15) is 5.01 Å². The van der Waals surface area contributed by atoms with Gasteiger partial charge in [0.2, 0.25) is 0 Å². The normalized spacial score (nSPS) is 15.6. The Labute approximate surface area is 84.4 Å². The van der Waals surface area contributed by atoms with Crippen LogP contribution in [0.4, 0.5) is 0 Å². The number of rotatable bonds is 5. The fraction of sp³-hybridized carbons (Fsp3) is 0.700. The molecule has 74 valence electrons. The van der Waals surface area contributed by atoms with E-state index in [2.05, 4.69) is 31.1 Å². The summed E-state index contributed by atoms with van der Waals surface area (Å²) in [6.07, 6.45) is 4.15. The number of thiazole rings is 1. The lowest BCUT2D eigenvalue weighted by molar-refractivity contribution is 0.436. The molecule has 0 radical (unpaired) electrons. The molecule has 1 aromatic heterocycles. The highest BCUT2D eigenvalue weighted by Gasteiger charge is 2.12. The summed E-state index contributed by atoms with van der Waals surface area (Å²) < 4.78 is 0. The summed E-state index contributed by atoms with van der Waals surface area (Å²) >= 11 is 1.73. The SMILES string of the molecule is CCC(C)NC(CC)c1nccs1. The second-order valence-electron chi connectivity index (χ2n) is 3.31. The molecule has 0 spiro atoms. The van der Waals surface area contributed by atoms with Crippen LogP contribution < -0.4 is 5.32 Å². The van der Waals surface area contributed by atoms with Gasteiger partial charge < -0.3 is 5.32 Å². The highest BCUT2D eigenvalue weighted by molar-refractivity contribution is 7.09. The van der Waals surface area contributed by atoms with E-state index in [0.717, 1.165) is 6.42 Å². The van der Waals surface area contributed by atoms with Crippen LogP contribution in [0.3, 0.4) is 0 Å². The van der Waals surface area contributed by atoms with Gasteiger partial charge in [-0.15, -0.1) is 11.3 Å². The molecule has 2 atom stereocenters. The largest absolute Gasteiger partial charge is 0.305 e. The minimum Gasteiger partial charge on any atom is -0.305 e. The van der Waals surface area contributed by atoms with E-state index in [1.54, 1.807) is 11.3 Å². The topological polar surface area (TPSA) is 24.9 Å². The molecule has 0 saturated carbocycles. The molecule has 0 aromatic carbocycles. The van der Waals surface area contributed by atoms with Crippen molar-refractivity contribution in [2.45, 2.75) is 45.7 Å². The summed E-state index contributed by atoms with van der Waals surface area (Å²) in [4.78, 5) is 4.33. The molecular weight excluding hydrogens is 180 g/mol. The lowest BCUT2D eigenvalue weighted by Crippen LogP contribution is -2.29. The van der Waals surface area contributed by atoms with Crippen LogP contribution in [0.1, 0.15) is 44.7 Å². The van der Waals surface area contributed by atoms with Crippen molar-refractivity contribution in [1.29, 1.82) is 0 Å². The van der Waals surface area contributed by atoms with Crippen molar-refractivity contribution >= 4 is 11.3 Å². The third kappa shape index (κ3) is 3.08. The lowest BCUT2D eigenvalue weighted by atomic mass is 10.2. The second kappa shape index (κ2) is 5.35. The molecule has 0 aliphatic heterocycles. The maximum atomic E-state index is 4.33. The van der Waals surface area contributed by atoms with E-state index in [1.807, 2.05) is 11.6 Å². The Balaban J connectivity index is 2.53. The highest BCUT2D eigenvalue weighted by atomic mass is 32.1. The number of aromatic nitrogens is 1. The summed E-state index contributed by atoms with van der Waals surface area (Å²) in [5.41, 5.74) is 0. The molecule has 0 amide bonds. The Hall–Kier alpha value is -0.410. The van der Waals surface area contributed by atoms with E-state index < -0.39 is 0 Å². The summed E-state index contributed by atoms with van der Waals surface area (Å²) in [6, 6.07) is 1.02. The first kappa shape index (κ1) is 10.7. The maximum absolute atomic E-state index is 4.33. The van der Waals surface area contributed by atoms with Crippen molar-refractivity contribution < 1.29 is 0 Å². The number of hydrogen-bond acceptors (Lipinski definition) is 3. The Morgan fingerprint density at radius 1 is 1.46 bits per heavy atom. The summed E-state index contributed by atoms with van der Waals surface area (Å²) in [7, 11) is 0. The fourth-order valence-corrected chi connectivity index (χ4v) is 2.01. The van der Waals surface area contributed by atoms with Gasteiger partial charge in [-0.05, 0) is 19.8 Å². The molecule has 1 rings (SSSR count). The van der Waals surface area contributed by atoms with Gasteiger partial charge in [0.05, 0.1) is 6.04 Å². The number of nitrogens with zero attached hydrogens (tertiary/aromatic N) is 1. The predicted molar refractivity (Wildman–Crippen MR) is 58.0 cm³/mol. The zero-order valence-electron chi connectivity index (χ0n) is 8.58. The van der Waals surface area contributed by atoms with Gasteiger partial charge in [0, 0.05) is 17.6 Å². The zero-order valence-corrected chi connectivity index (χ0v) is 9.40. The molecular formula is C10H18N2S. The van der Waals surface area contributed by atoms with Crippen LogP contribution in [0, 0.1) is 0 Å². The standard InChI is InChI=1S/C10H18N2S/c1-4-8(3)12-9(5-2)10-11-6-7-13-10/h6-9,12H,4-5H2,1-3H3. The third-order valence-electron chi connectivity index (χ3n) is 2.26. The first-order valence-electron chi connectivity index (χ1n) is 4.93. The molecule has 13 heavy (non-hydrogen) atoms. The number of nitrogens with one attached hydrogen (secondary N) is 1. The van der Waals surface area contributed by atoms with Crippen molar-refractivity contribution in [3.63, 3.8) is 0 Å². The molecule has 3 heteroatoms. The highest BCUT2D eigenvalue weighted by Crippen LogP contribution is 2.19. The van der Waals surface area contributed by atoms with Crippen LogP contribution in [0.15, 0.2) is 11.6 Å². The second-order valence-corrected chi connectivity index (χ2v) is 4.23. The van der Waals surface area contributed by atoms with Gasteiger partial charge in [-0.3, -0.25) is 0 Å². The quantitative estimate of drug-likeness (QED) is 0.786. The van der Waals surface area contributed by atoms with Gasteiger partial charge in [0.25, 0.3) is 0 Å². The van der Waals surface area contributed by atoms with Crippen LogP contribution in [-0.4, -0.2) is 11.0 Å². The minimum atomic E-state index is 0.440. The van der Waals surface area contributed by atoms with Gasteiger partial charge in [-0.2, -0.15) is 0 Å². The van der Waals surface area contributed by atoms with Gasteiger partial charge >= 0.3 is 0 Å². The predicted octanol–water partition coefficient (Wildman–Crippen LogP) is 2.98. The first-order chi connectivity index (χ1) is 6.27. The Kier molecular flexibility index (Phi) is 4.39. The van der Waals surface area contributed by atoms with Crippen LogP contribution in [0.25, 0.3) is 0 Å². The summed E-state index contributed by atoms with van der Waals surface area (Å²) in [5.74, 6) is 0. The molecule has 2 nitrogen and oxygen atoms in total. The van der Waals surface area contributed by atoms with Crippen LogP contribution in [-0.2, 0) is 0 Å². The average Bonchev–Trinajstić information content (AvgIpc) is 2.66. The fourth-order valence-electron chi connectivity index (χ4n) is 1.23. The van der Waals surface area contributed by atoms with Crippen molar-refractivity contribution in [1.82, 2.24) is 10.3 Å². The van der Waals surface area contributed by atoms with Crippen molar-refractivity contribution in [3.05, 3.63) is 16.6 Å². The van der Waals surface area contributed by atoms with Crippen LogP contribution in [0.2, 0.25) is 0 Å². The van der Waals surface area contributed by atoms with Crippen molar-refractivity contribution in [3.8, 4) is 0 Å². The van der Waals surface area contributed by atoms with Gasteiger partial charge in [-0.1, -0.05) is 13.8 Å². The van der Waals surface area contributed by atoms with Crippen LogP contribution >= 0.6 is 11.3 Å². The van der Waals surface area contributed by atoms with E-state index in [0.29, 0.717) is 12.1 Å². The van der Waals surface area contributed by atoms with E-state index in [4.69, 9.17) is 0 Å². The first-order valence-corrected chi connectivity index (χ1v) is 5.81. The monoisotopic (exact) mass is 198 g/mol. The van der Waals surface area contributed by atoms with Crippen molar-refractivity contribution in [2.24, 2.45) is 0 Å². The zero-order chi connectivity index (χ0) is 9.68. The van der Waals surface area contributed by atoms with E-state index >= 15 is 0 Å². The maximum Gasteiger partial charge on any atom is 0.109 e. The average molecular weight is 198 g/mol.